The van der Waals surface area contributed by atoms with Crippen molar-refractivity contribution in [1.29, 1.82) is 0 Å². The van der Waals surface area contributed by atoms with Gasteiger partial charge in [-0.2, -0.15) is 0 Å². The molecule has 0 saturated carbocycles. The third-order valence-electron chi connectivity index (χ3n) is 4.74. The summed E-state index contributed by atoms with van der Waals surface area (Å²) in [4.78, 5) is 25.1. The summed E-state index contributed by atoms with van der Waals surface area (Å²) in [7, 11) is 0. The van der Waals surface area contributed by atoms with Crippen LogP contribution in [0.15, 0.2) is 18.2 Å². The molecule has 0 aliphatic carbocycles. The molecule has 2 N–H and O–H groups in total. The number of hydrogen-bond acceptors (Lipinski definition) is 2. The third kappa shape index (κ3) is 1.60. The van der Waals surface area contributed by atoms with Gasteiger partial charge in [0, 0.05) is 29.6 Å². The van der Waals surface area contributed by atoms with Crippen LogP contribution < -0.4 is 5.32 Å². The van der Waals surface area contributed by atoms with Crippen molar-refractivity contribution in [3.8, 4) is 0 Å². The molecule has 114 valence electrons. The van der Waals surface area contributed by atoms with Crippen molar-refractivity contribution in [2.24, 2.45) is 0 Å². The van der Waals surface area contributed by atoms with Crippen LogP contribution in [0.25, 0.3) is 10.9 Å². The van der Waals surface area contributed by atoms with E-state index in [0.29, 0.717) is 19.5 Å². The first-order valence-corrected chi connectivity index (χ1v) is 7.55. The average molecular weight is 299 g/mol. The Morgan fingerprint density at radius 2 is 2.27 bits per heavy atom. The minimum atomic E-state index is -0.890. The van der Waals surface area contributed by atoms with Crippen LogP contribution in [-0.2, 0) is 17.8 Å². The third-order valence-corrected chi connectivity index (χ3v) is 4.74. The van der Waals surface area contributed by atoms with Gasteiger partial charge in [0.25, 0.3) is 0 Å². The molecule has 22 heavy (non-hydrogen) atoms. The molecular weight excluding hydrogens is 282 g/mol. The van der Waals surface area contributed by atoms with E-state index in [9.17, 15) is 14.7 Å². The summed E-state index contributed by atoms with van der Waals surface area (Å²) in [6, 6.07) is 5.62. The number of carbonyl (C=O) groups is 2. The number of amides is 2. The van der Waals surface area contributed by atoms with Gasteiger partial charge in [0.15, 0.2) is 0 Å². The standard InChI is InChI=1S/C16H17N3O3/c1-2-12-15(20)17-11-5-3-4-9-10-8-18(16(21)22)7-6-13(10)19(12)14(9)11/h3-5,12H,2,6-8H2,1H3,(H,17,20)(H,21,22). The molecule has 6 nitrogen and oxygen atoms in total. The van der Waals surface area contributed by atoms with Gasteiger partial charge >= 0.3 is 6.09 Å². The topological polar surface area (TPSA) is 74.6 Å². The lowest BCUT2D eigenvalue weighted by molar-refractivity contribution is -0.119. The zero-order chi connectivity index (χ0) is 15.4. The largest absolute Gasteiger partial charge is 0.465 e. The second kappa shape index (κ2) is 4.50. The van der Waals surface area contributed by atoms with Crippen molar-refractivity contribution in [2.45, 2.75) is 32.4 Å². The molecule has 1 unspecified atom stereocenters. The molecule has 0 spiro atoms. The Hall–Kier alpha value is -2.50. The summed E-state index contributed by atoms with van der Waals surface area (Å²) in [5.41, 5.74) is 4.01. The van der Waals surface area contributed by atoms with Gasteiger partial charge in [-0.3, -0.25) is 4.79 Å². The molecule has 6 heteroatoms. The minimum absolute atomic E-state index is 0.0153. The van der Waals surface area contributed by atoms with E-state index in [-0.39, 0.29) is 11.9 Å². The maximum absolute atomic E-state index is 12.3. The Labute approximate surface area is 127 Å². The maximum atomic E-state index is 12.3. The lowest BCUT2D eigenvalue weighted by Gasteiger charge is -2.29. The summed E-state index contributed by atoms with van der Waals surface area (Å²) in [6.07, 6.45) is 0.484. The normalized spacial score (nSPS) is 20.0. The van der Waals surface area contributed by atoms with Crippen LogP contribution in [0.1, 0.15) is 30.6 Å². The Morgan fingerprint density at radius 1 is 1.45 bits per heavy atom. The Kier molecular flexibility index (Phi) is 2.69. The first-order valence-electron chi connectivity index (χ1n) is 7.55. The van der Waals surface area contributed by atoms with Crippen molar-refractivity contribution in [1.82, 2.24) is 9.47 Å². The average Bonchev–Trinajstić information content (AvgIpc) is 2.84. The molecule has 2 amide bonds. The summed E-state index contributed by atoms with van der Waals surface area (Å²) in [6.45, 7) is 2.87. The first-order chi connectivity index (χ1) is 10.6. The number of nitrogens with zero attached hydrogens (tertiary/aromatic N) is 2. The molecule has 2 aliphatic rings. The monoisotopic (exact) mass is 299 g/mol. The first kappa shape index (κ1) is 13.2. The number of benzene rings is 1. The molecule has 4 rings (SSSR count). The van der Waals surface area contributed by atoms with E-state index in [0.717, 1.165) is 34.3 Å². The molecule has 2 aliphatic heterocycles. The molecule has 2 aromatic rings. The lowest BCUT2D eigenvalue weighted by Crippen LogP contribution is -2.36. The number of para-hydroxylation sites is 1. The molecule has 1 aromatic carbocycles. The van der Waals surface area contributed by atoms with Gasteiger partial charge in [-0.15, -0.1) is 0 Å². The van der Waals surface area contributed by atoms with Crippen LogP contribution in [0.3, 0.4) is 0 Å². The van der Waals surface area contributed by atoms with E-state index in [1.165, 1.54) is 4.90 Å². The molecule has 0 radical (unpaired) electrons. The molecule has 3 heterocycles. The molecule has 0 bridgehead atoms. The van der Waals surface area contributed by atoms with Crippen LogP contribution in [-0.4, -0.2) is 33.1 Å². The summed E-state index contributed by atoms with van der Waals surface area (Å²) >= 11 is 0. The zero-order valence-corrected chi connectivity index (χ0v) is 12.3. The second-order valence-corrected chi connectivity index (χ2v) is 5.86. The predicted molar refractivity (Wildman–Crippen MR) is 82.0 cm³/mol. The van der Waals surface area contributed by atoms with Gasteiger partial charge in [-0.1, -0.05) is 19.1 Å². The Balaban J connectivity index is 2.00. The number of aromatic nitrogens is 1. The lowest BCUT2D eigenvalue weighted by atomic mass is 10.0. The van der Waals surface area contributed by atoms with E-state index >= 15 is 0 Å². The second-order valence-electron chi connectivity index (χ2n) is 5.86. The van der Waals surface area contributed by atoms with Crippen molar-refractivity contribution in [2.75, 3.05) is 11.9 Å². The van der Waals surface area contributed by atoms with Crippen LogP contribution in [0.2, 0.25) is 0 Å². The molecule has 1 aromatic heterocycles. The number of hydrogen-bond donors (Lipinski definition) is 2. The van der Waals surface area contributed by atoms with E-state index < -0.39 is 6.09 Å². The van der Waals surface area contributed by atoms with Crippen molar-refractivity contribution in [3.05, 3.63) is 29.5 Å². The fourth-order valence-electron chi connectivity index (χ4n) is 3.75. The highest BCUT2D eigenvalue weighted by Crippen LogP contribution is 2.40. The Morgan fingerprint density at radius 3 is 3.00 bits per heavy atom. The van der Waals surface area contributed by atoms with Gasteiger partial charge in [-0.25, -0.2) is 4.79 Å². The van der Waals surface area contributed by atoms with Crippen LogP contribution in [0, 0.1) is 0 Å². The van der Waals surface area contributed by atoms with Gasteiger partial charge in [0.1, 0.15) is 6.04 Å². The fraction of sp³-hybridized carbons (Fsp3) is 0.375. The molecular formula is C16H17N3O3. The highest BCUT2D eigenvalue weighted by Gasteiger charge is 2.34. The number of fused-ring (bicyclic) bond motifs is 3. The number of carboxylic acid groups (broad SMARTS) is 1. The van der Waals surface area contributed by atoms with Crippen LogP contribution >= 0.6 is 0 Å². The zero-order valence-electron chi connectivity index (χ0n) is 12.3. The van der Waals surface area contributed by atoms with Gasteiger partial charge in [0.05, 0.1) is 17.7 Å². The molecule has 0 saturated heterocycles. The summed E-state index contributed by atoms with van der Waals surface area (Å²) in [5.74, 6) is 0.0153. The van der Waals surface area contributed by atoms with Gasteiger partial charge in [0.2, 0.25) is 5.91 Å². The number of anilines is 1. The van der Waals surface area contributed by atoms with Gasteiger partial charge in [-0.05, 0) is 12.5 Å². The van der Waals surface area contributed by atoms with Crippen LogP contribution in [0.5, 0.6) is 0 Å². The fourth-order valence-corrected chi connectivity index (χ4v) is 3.75. The smallest absolute Gasteiger partial charge is 0.407 e. The number of carbonyl (C=O) groups excluding carboxylic acids is 1. The van der Waals surface area contributed by atoms with Crippen molar-refractivity contribution < 1.29 is 14.7 Å². The summed E-state index contributed by atoms with van der Waals surface area (Å²) < 4.78 is 2.14. The quantitative estimate of drug-likeness (QED) is 0.850. The summed E-state index contributed by atoms with van der Waals surface area (Å²) in [5, 5.41) is 13.3. The van der Waals surface area contributed by atoms with E-state index in [4.69, 9.17) is 0 Å². The SMILES string of the molecule is CCC1C(=O)Nc2cccc3c4c(n1c23)CCN(C(=O)O)C4. The highest BCUT2D eigenvalue weighted by atomic mass is 16.4. The predicted octanol–water partition coefficient (Wildman–Crippen LogP) is 2.58. The Bertz CT molecular complexity index is 809. The van der Waals surface area contributed by atoms with Crippen molar-refractivity contribution >= 4 is 28.6 Å². The van der Waals surface area contributed by atoms with Crippen molar-refractivity contribution in [3.63, 3.8) is 0 Å². The van der Waals surface area contributed by atoms with Gasteiger partial charge < -0.3 is 19.9 Å². The van der Waals surface area contributed by atoms with E-state index in [1.807, 2.05) is 25.1 Å². The number of rotatable bonds is 1. The minimum Gasteiger partial charge on any atom is -0.465 e. The molecule has 1 atom stereocenters. The highest BCUT2D eigenvalue weighted by molar-refractivity contribution is 6.07. The van der Waals surface area contributed by atoms with E-state index in [2.05, 4.69) is 9.88 Å². The van der Waals surface area contributed by atoms with E-state index in [1.54, 1.807) is 0 Å². The molecule has 0 fully saturated rings. The van der Waals surface area contributed by atoms with Crippen LogP contribution in [0.4, 0.5) is 10.5 Å². The maximum Gasteiger partial charge on any atom is 0.407 e. The number of nitrogens with one attached hydrogen (secondary N) is 1.